The van der Waals surface area contributed by atoms with Gasteiger partial charge in [-0.1, -0.05) is 66.7 Å². The molecule has 3 aliphatic rings. The molecule has 0 aliphatic carbocycles. The summed E-state index contributed by atoms with van der Waals surface area (Å²) in [5, 5.41) is 0. The number of rotatable bonds is 0. The molecule has 0 spiro atoms. The molecular weight excluding hydrogens is 438 g/mol. The van der Waals surface area contributed by atoms with Crippen molar-refractivity contribution in [1.29, 1.82) is 0 Å². The monoisotopic (exact) mass is 483 g/mol. The van der Waals surface area contributed by atoms with Crippen molar-refractivity contribution in [2.75, 3.05) is 52.2 Å². The largest absolute Gasteiger partial charge is 0.374 e. The van der Waals surface area contributed by atoms with E-state index in [2.05, 4.69) is 109 Å². The Morgan fingerprint density at radius 1 is 0.444 bits per heavy atom. The third-order valence-electron chi connectivity index (χ3n) is 7.78. The van der Waals surface area contributed by atoms with Gasteiger partial charge in [0.05, 0.1) is 0 Å². The predicted molar refractivity (Wildman–Crippen MR) is 155 cm³/mol. The molecule has 0 saturated carbocycles. The molecule has 192 valence electrons. The minimum Gasteiger partial charge on any atom is -0.374 e. The second-order valence-corrected chi connectivity index (χ2v) is 10.7. The normalized spacial score (nSPS) is 17.9. The highest BCUT2D eigenvalue weighted by molar-refractivity contribution is 5.53. The van der Waals surface area contributed by atoms with Crippen LogP contribution >= 0.6 is 0 Å². The van der Waals surface area contributed by atoms with Gasteiger partial charge in [-0.3, -0.25) is 0 Å². The molecular formula is C33H45N3. The molecule has 3 aliphatic heterocycles. The molecule has 0 aromatic heterocycles. The number of fused-ring (bicyclic) bond motifs is 3. The Labute approximate surface area is 219 Å². The third kappa shape index (κ3) is 7.69. The maximum Gasteiger partial charge on any atom is 0.0396 e. The number of benzene rings is 3. The van der Waals surface area contributed by atoms with Crippen molar-refractivity contribution in [2.24, 2.45) is 0 Å². The average molecular weight is 484 g/mol. The topological polar surface area (TPSA) is 9.72 Å². The number of para-hydroxylation sites is 1. The Morgan fingerprint density at radius 2 is 0.972 bits per heavy atom. The van der Waals surface area contributed by atoms with Crippen LogP contribution < -0.4 is 4.90 Å². The maximum absolute atomic E-state index is 2.40. The van der Waals surface area contributed by atoms with E-state index in [9.17, 15) is 0 Å². The van der Waals surface area contributed by atoms with Gasteiger partial charge < -0.3 is 14.7 Å². The van der Waals surface area contributed by atoms with Crippen LogP contribution in [-0.2, 0) is 32.2 Å². The van der Waals surface area contributed by atoms with Crippen molar-refractivity contribution in [3.05, 3.63) is 101 Å². The zero-order valence-corrected chi connectivity index (χ0v) is 22.8. The highest BCUT2D eigenvalue weighted by Gasteiger charge is 2.11. The number of hydrogen-bond acceptors (Lipinski definition) is 3. The van der Waals surface area contributed by atoms with Crippen LogP contribution in [0, 0.1) is 0 Å². The minimum atomic E-state index is 1.12. The molecule has 0 atom stereocenters. The lowest BCUT2D eigenvalue weighted by Gasteiger charge is -2.18. The van der Waals surface area contributed by atoms with E-state index in [0.29, 0.717) is 0 Å². The lowest BCUT2D eigenvalue weighted by atomic mass is 10.0. The maximum atomic E-state index is 2.40. The fourth-order valence-electron chi connectivity index (χ4n) is 5.52. The molecule has 0 unspecified atom stereocenters. The number of nitrogens with zero attached hydrogens (tertiary/aromatic N) is 3. The second kappa shape index (κ2) is 13.6. The number of likely N-dealkylation sites (N-methyl/N-ethyl adjacent to an activating group) is 1. The number of anilines is 1. The van der Waals surface area contributed by atoms with Crippen molar-refractivity contribution in [3.8, 4) is 0 Å². The molecule has 36 heavy (non-hydrogen) atoms. The summed E-state index contributed by atoms with van der Waals surface area (Å²) in [6, 6.07) is 26.3. The first kappa shape index (κ1) is 26.4. The molecule has 0 amide bonds. The zero-order valence-electron chi connectivity index (χ0n) is 22.8. The van der Waals surface area contributed by atoms with Crippen LogP contribution in [0.5, 0.6) is 0 Å². The smallest absolute Gasteiger partial charge is 0.0396 e. The van der Waals surface area contributed by atoms with Crippen molar-refractivity contribution in [2.45, 2.75) is 51.5 Å². The SMILES string of the molecule is CN1CCCCc2ccccc21.CN1CCCc2ccccc2C1.CN1CCc2ccccc2CC1. The van der Waals surface area contributed by atoms with Crippen molar-refractivity contribution >= 4 is 5.69 Å². The second-order valence-electron chi connectivity index (χ2n) is 10.7. The van der Waals surface area contributed by atoms with Gasteiger partial charge in [0.1, 0.15) is 0 Å². The Hall–Kier alpha value is -2.62. The lowest BCUT2D eigenvalue weighted by molar-refractivity contribution is 0.332. The van der Waals surface area contributed by atoms with E-state index in [1.807, 2.05) is 0 Å². The number of aryl methyl sites for hydroxylation is 2. The van der Waals surface area contributed by atoms with Crippen molar-refractivity contribution in [3.63, 3.8) is 0 Å². The van der Waals surface area contributed by atoms with Crippen molar-refractivity contribution < 1.29 is 0 Å². The van der Waals surface area contributed by atoms with Gasteiger partial charge in [0, 0.05) is 38.9 Å². The van der Waals surface area contributed by atoms with E-state index in [1.165, 1.54) is 87.9 Å². The molecule has 3 nitrogen and oxygen atoms in total. The highest BCUT2D eigenvalue weighted by Crippen LogP contribution is 2.24. The van der Waals surface area contributed by atoms with Gasteiger partial charge >= 0.3 is 0 Å². The Balaban J connectivity index is 0.000000127. The first-order chi connectivity index (χ1) is 17.6. The quantitative estimate of drug-likeness (QED) is 0.375. The Morgan fingerprint density at radius 3 is 1.64 bits per heavy atom. The minimum absolute atomic E-state index is 1.12. The molecule has 0 radical (unpaired) electrons. The zero-order chi connectivity index (χ0) is 25.2. The van der Waals surface area contributed by atoms with Crippen molar-refractivity contribution in [1.82, 2.24) is 9.80 Å². The van der Waals surface area contributed by atoms with Crippen LogP contribution in [0.4, 0.5) is 5.69 Å². The summed E-state index contributed by atoms with van der Waals surface area (Å²) >= 11 is 0. The molecule has 0 fully saturated rings. The summed E-state index contributed by atoms with van der Waals surface area (Å²) in [6.07, 6.45) is 8.89. The van der Waals surface area contributed by atoms with Gasteiger partial charge in [-0.2, -0.15) is 0 Å². The third-order valence-corrected chi connectivity index (χ3v) is 7.78. The summed E-state index contributed by atoms with van der Waals surface area (Å²) in [5.74, 6) is 0. The molecule has 6 rings (SSSR count). The molecule has 0 bridgehead atoms. The summed E-state index contributed by atoms with van der Waals surface area (Å²) in [6.45, 7) is 5.97. The fourth-order valence-corrected chi connectivity index (χ4v) is 5.52. The Kier molecular flexibility index (Phi) is 10.0. The summed E-state index contributed by atoms with van der Waals surface area (Å²) in [4.78, 5) is 7.16. The van der Waals surface area contributed by atoms with E-state index in [-0.39, 0.29) is 0 Å². The summed E-state index contributed by atoms with van der Waals surface area (Å²) in [7, 11) is 6.58. The molecule has 0 saturated heterocycles. The van der Waals surface area contributed by atoms with E-state index in [1.54, 1.807) is 16.7 Å². The molecule has 3 heterocycles. The van der Waals surface area contributed by atoms with E-state index in [0.717, 1.165) is 6.54 Å². The van der Waals surface area contributed by atoms with Gasteiger partial charge in [-0.25, -0.2) is 0 Å². The van der Waals surface area contributed by atoms with Gasteiger partial charge in [0.25, 0.3) is 0 Å². The summed E-state index contributed by atoms with van der Waals surface area (Å²) in [5.41, 5.74) is 9.08. The van der Waals surface area contributed by atoms with Gasteiger partial charge in [0.2, 0.25) is 0 Å². The van der Waals surface area contributed by atoms with Gasteiger partial charge in [-0.15, -0.1) is 0 Å². The predicted octanol–water partition coefficient (Wildman–Crippen LogP) is 6.24. The first-order valence-electron chi connectivity index (χ1n) is 13.9. The molecule has 0 N–H and O–H groups in total. The van der Waals surface area contributed by atoms with Crippen LogP contribution in [0.15, 0.2) is 72.8 Å². The Bertz CT molecular complexity index is 1050. The van der Waals surface area contributed by atoms with E-state index >= 15 is 0 Å². The van der Waals surface area contributed by atoms with Gasteiger partial charge in [0.15, 0.2) is 0 Å². The van der Waals surface area contributed by atoms with E-state index in [4.69, 9.17) is 0 Å². The number of hydrogen-bond donors (Lipinski definition) is 0. The van der Waals surface area contributed by atoms with Crippen LogP contribution in [0.25, 0.3) is 0 Å². The van der Waals surface area contributed by atoms with Gasteiger partial charge in [-0.05, 0) is 99.5 Å². The average Bonchev–Trinajstić information content (AvgIpc) is 3.31. The standard InChI is InChI=1S/3C11H15N/c1-12-9-5-4-7-10-6-2-3-8-11(10)12;1-12-8-4-7-10-5-2-3-6-11(10)9-12;1-12-8-6-10-4-2-3-5-11(10)7-9-12/h2-3,6,8H,4-5,7,9H2,1H3;2-3,5-6H,4,7-9H2,1H3;2-5H,6-9H2,1H3. The van der Waals surface area contributed by atoms with Crippen LogP contribution in [0.3, 0.4) is 0 Å². The van der Waals surface area contributed by atoms with Crippen LogP contribution in [0.2, 0.25) is 0 Å². The van der Waals surface area contributed by atoms with Crippen LogP contribution in [0.1, 0.15) is 47.1 Å². The summed E-state index contributed by atoms with van der Waals surface area (Å²) < 4.78 is 0. The lowest BCUT2D eigenvalue weighted by Crippen LogP contribution is -2.20. The molecule has 3 heteroatoms. The first-order valence-corrected chi connectivity index (χ1v) is 13.9. The molecule has 3 aromatic rings. The van der Waals surface area contributed by atoms with E-state index < -0.39 is 0 Å². The fraction of sp³-hybridized carbons (Fsp3) is 0.455. The highest BCUT2D eigenvalue weighted by atomic mass is 15.1. The molecule has 3 aromatic carbocycles. The van der Waals surface area contributed by atoms with Crippen LogP contribution in [-0.4, -0.2) is 57.1 Å².